The topological polar surface area (TPSA) is 49.4 Å². The molecule has 1 aliphatic heterocycles. The van der Waals surface area contributed by atoms with Crippen molar-refractivity contribution >= 4 is 11.8 Å². The molecule has 4 nitrogen and oxygen atoms in total. The van der Waals surface area contributed by atoms with Crippen LogP contribution in [0, 0.1) is 5.92 Å². The summed E-state index contributed by atoms with van der Waals surface area (Å²) >= 11 is 0. The first-order chi connectivity index (χ1) is 9.54. The quantitative estimate of drug-likeness (QED) is 0.834. The Kier molecular flexibility index (Phi) is 4.55. The number of fused-ring (bicyclic) bond motifs is 1. The highest BCUT2D eigenvalue weighted by Crippen LogP contribution is 2.20. The molecule has 1 unspecified atom stereocenters. The predicted octanol–water partition coefficient (Wildman–Crippen LogP) is 1.85. The maximum Gasteiger partial charge on any atom is 0.260 e. The summed E-state index contributed by atoms with van der Waals surface area (Å²) in [5.41, 5.74) is 1.49. The summed E-state index contributed by atoms with van der Waals surface area (Å²) in [7, 11) is 0. The van der Waals surface area contributed by atoms with Gasteiger partial charge in [-0.3, -0.25) is 14.5 Å². The highest BCUT2D eigenvalue weighted by atomic mass is 16.2. The molecule has 1 aromatic carbocycles. The fourth-order valence-corrected chi connectivity index (χ4v) is 2.55. The first-order valence-electron chi connectivity index (χ1n) is 7.20. The third-order valence-corrected chi connectivity index (χ3v) is 3.79. The molecule has 0 spiro atoms. The number of likely N-dealkylation sites (N-methyl/N-ethyl adjacent to an activating group) is 1. The molecule has 2 amide bonds. The molecule has 0 fully saturated rings. The van der Waals surface area contributed by atoms with Gasteiger partial charge in [0, 0.05) is 18.2 Å². The standard InChI is InChI=1S/C16H22N2O2/c1-4-17-14(11(2)3)10-18-15(19)9-12-7-5-6-8-13(12)16(18)20/h5-8,11,14,17H,4,9-10H2,1-3H3. The second-order valence-electron chi connectivity index (χ2n) is 5.55. The van der Waals surface area contributed by atoms with Gasteiger partial charge in [0.2, 0.25) is 5.91 Å². The fourth-order valence-electron chi connectivity index (χ4n) is 2.55. The molecule has 1 aliphatic rings. The number of hydrogen-bond acceptors (Lipinski definition) is 3. The number of carbonyl (C=O) groups excluding carboxylic acids is 2. The molecule has 1 N–H and O–H groups in total. The average molecular weight is 274 g/mol. The number of imide groups is 1. The molecule has 0 bridgehead atoms. The molecule has 20 heavy (non-hydrogen) atoms. The maximum atomic E-state index is 12.5. The Labute approximate surface area is 120 Å². The summed E-state index contributed by atoms with van der Waals surface area (Å²) < 4.78 is 0. The van der Waals surface area contributed by atoms with Gasteiger partial charge in [-0.05, 0) is 24.1 Å². The zero-order valence-corrected chi connectivity index (χ0v) is 12.3. The number of rotatable bonds is 5. The van der Waals surface area contributed by atoms with Crippen LogP contribution in [-0.2, 0) is 11.2 Å². The average Bonchev–Trinajstić information content (AvgIpc) is 2.42. The Hall–Kier alpha value is -1.68. The molecule has 0 saturated carbocycles. The number of carbonyl (C=O) groups is 2. The normalized spacial score (nSPS) is 16.5. The lowest BCUT2D eigenvalue weighted by Crippen LogP contribution is -2.51. The van der Waals surface area contributed by atoms with Gasteiger partial charge in [0.15, 0.2) is 0 Å². The van der Waals surface area contributed by atoms with Crippen molar-refractivity contribution in [3.63, 3.8) is 0 Å². The Balaban J connectivity index is 2.21. The van der Waals surface area contributed by atoms with Crippen LogP contribution in [0.1, 0.15) is 36.7 Å². The number of nitrogens with zero attached hydrogens (tertiary/aromatic N) is 1. The van der Waals surface area contributed by atoms with E-state index in [9.17, 15) is 9.59 Å². The van der Waals surface area contributed by atoms with Gasteiger partial charge in [0.1, 0.15) is 0 Å². The van der Waals surface area contributed by atoms with Crippen LogP contribution in [0.15, 0.2) is 24.3 Å². The molecule has 1 atom stereocenters. The molecule has 0 radical (unpaired) electrons. The zero-order valence-electron chi connectivity index (χ0n) is 12.3. The first kappa shape index (κ1) is 14.7. The number of amides is 2. The fraction of sp³-hybridized carbons (Fsp3) is 0.500. The monoisotopic (exact) mass is 274 g/mol. The Bertz CT molecular complexity index is 511. The summed E-state index contributed by atoms with van der Waals surface area (Å²) in [6.07, 6.45) is 0.318. The van der Waals surface area contributed by atoms with Crippen LogP contribution in [0.3, 0.4) is 0 Å². The largest absolute Gasteiger partial charge is 0.312 e. The van der Waals surface area contributed by atoms with Crippen molar-refractivity contribution in [2.75, 3.05) is 13.1 Å². The Morgan fingerprint density at radius 1 is 1.25 bits per heavy atom. The van der Waals surface area contributed by atoms with Crippen LogP contribution in [-0.4, -0.2) is 35.8 Å². The lowest BCUT2D eigenvalue weighted by molar-refractivity contribution is -0.128. The second kappa shape index (κ2) is 6.18. The van der Waals surface area contributed by atoms with E-state index in [1.807, 2.05) is 25.1 Å². The van der Waals surface area contributed by atoms with E-state index in [-0.39, 0.29) is 17.9 Å². The van der Waals surface area contributed by atoms with Gasteiger partial charge < -0.3 is 5.32 Å². The highest BCUT2D eigenvalue weighted by molar-refractivity contribution is 6.09. The lowest BCUT2D eigenvalue weighted by Gasteiger charge is -2.32. The van der Waals surface area contributed by atoms with Crippen LogP contribution in [0.2, 0.25) is 0 Å². The minimum absolute atomic E-state index is 0.0998. The van der Waals surface area contributed by atoms with E-state index >= 15 is 0 Å². The maximum absolute atomic E-state index is 12.5. The first-order valence-corrected chi connectivity index (χ1v) is 7.20. The van der Waals surface area contributed by atoms with Gasteiger partial charge in [-0.2, -0.15) is 0 Å². The van der Waals surface area contributed by atoms with Crippen LogP contribution in [0.25, 0.3) is 0 Å². The van der Waals surface area contributed by atoms with Crippen molar-refractivity contribution in [1.82, 2.24) is 10.2 Å². The zero-order chi connectivity index (χ0) is 14.7. The van der Waals surface area contributed by atoms with Crippen molar-refractivity contribution in [3.05, 3.63) is 35.4 Å². The second-order valence-corrected chi connectivity index (χ2v) is 5.55. The predicted molar refractivity (Wildman–Crippen MR) is 78.5 cm³/mol. The van der Waals surface area contributed by atoms with Crippen molar-refractivity contribution < 1.29 is 9.59 Å². The van der Waals surface area contributed by atoms with Gasteiger partial charge in [-0.1, -0.05) is 39.0 Å². The minimum atomic E-state index is -0.166. The minimum Gasteiger partial charge on any atom is -0.312 e. The van der Waals surface area contributed by atoms with Crippen LogP contribution >= 0.6 is 0 Å². The van der Waals surface area contributed by atoms with Crippen molar-refractivity contribution in [3.8, 4) is 0 Å². The molecule has 4 heteroatoms. The summed E-state index contributed by atoms with van der Waals surface area (Å²) in [6.45, 7) is 7.50. The number of hydrogen-bond donors (Lipinski definition) is 1. The lowest BCUT2D eigenvalue weighted by atomic mass is 9.96. The van der Waals surface area contributed by atoms with E-state index in [4.69, 9.17) is 0 Å². The molecule has 1 aromatic rings. The SMILES string of the molecule is CCNC(CN1C(=O)Cc2ccccc2C1=O)C(C)C. The van der Waals surface area contributed by atoms with Gasteiger partial charge >= 0.3 is 0 Å². The molecular formula is C16H22N2O2. The number of nitrogens with one attached hydrogen (secondary N) is 1. The van der Waals surface area contributed by atoms with Crippen LogP contribution in [0.4, 0.5) is 0 Å². The molecular weight excluding hydrogens is 252 g/mol. The van der Waals surface area contributed by atoms with E-state index in [0.29, 0.717) is 24.4 Å². The highest BCUT2D eigenvalue weighted by Gasteiger charge is 2.32. The number of benzene rings is 1. The molecule has 0 aromatic heterocycles. The molecule has 2 rings (SSSR count). The van der Waals surface area contributed by atoms with Gasteiger partial charge in [-0.15, -0.1) is 0 Å². The van der Waals surface area contributed by atoms with Crippen molar-refractivity contribution in [2.24, 2.45) is 5.92 Å². The van der Waals surface area contributed by atoms with Crippen molar-refractivity contribution in [2.45, 2.75) is 33.2 Å². The molecule has 0 aliphatic carbocycles. The van der Waals surface area contributed by atoms with E-state index in [1.54, 1.807) is 6.07 Å². The van der Waals surface area contributed by atoms with Gasteiger partial charge in [-0.25, -0.2) is 0 Å². The van der Waals surface area contributed by atoms with E-state index in [0.717, 1.165) is 12.1 Å². The van der Waals surface area contributed by atoms with E-state index < -0.39 is 0 Å². The smallest absolute Gasteiger partial charge is 0.260 e. The summed E-state index contributed by atoms with van der Waals surface area (Å²) in [4.78, 5) is 26.1. The molecule has 108 valence electrons. The van der Waals surface area contributed by atoms with Crippen LogP contribution in [0.5, 0.6) is 0 Å². The van der Waals surface area contributed by atoms with E-state index in [1.165, 1.54) is 4.90 Å². The summed E-state index contributed by atoms with van der Waals surface area (Å²) in [5.74, 6) is 0.102. The summed E-state index contributed by atoms with van der Waals surface area (Å²) in [6, 6.07) is 7.50. The van der Waals surface area contributed by atoms with Gasteiger partial charge in [0.25, 0.3) is 5.91 Å². The third-order valence-electron chi connectivity index (χ3n) is 3.79. The third kappa shape index (κ3) is 2.90. The summed E-state index contributed by atoms with van der Waals surface area (Å²) in [5, 5.41) is 3.35. The molecule has 1 heterocycles. The van der Waals surface area contributed by atoms with Crippen molar-refractivity contribution in [1.29, 1.82) is 0 Å². The van der Waals surface area contributed by atoms with E-state index in [2.05, 4.69) is 19.2 Å². The molecule has 0 saturated heterocycles. The van der Waals surface area contributed by atoms with Crippen LogP contribution < -0.4 is 5.32 Å². The Morgan fingerprint density at radius 2 is 1.95 bits per heavy atom. The van der Waals surface area contributed by atoms with Gasteiger partial charge in [0.05, 0.1) is 6.42 Å². The Morgan fingerprint density at radius 3 is 2.60 bits per heavy atom.